The van der Waals surface area contributed by atoms with Crippen molar-refractivity contribution in [3.63, 3.8) is 0 Å². The van der Waals surface area contributed by atoms with E-state index in [1.54, 1.807) is 0 Å². The zero-order valence-electron chi connectivity index (χ0n) is 7.50. The molecule has 1 amide bonds. The van der Waals surface area contributed by atoms with Crippen molar-refractivity contribution in [2.75, 3.05) is 18.8 Å². The van der Waals surface area contributed by atoms with E-state index < -0.39 is 10.8 Å². The Labute approximate surface area is 75.4 Å². The summed E-state index contributed by atoms with van der Waals surface area (Å²) in [5, 5.41) is 2.60. The van der Waals surface area contributed by atoms with Gasteiger partial charge in [-0.1, -0.05) is 13.8 Å². The molecule has 0 bridgehead atoms. The molecule has 0 fully saturated rings. The molecule has 1 atom stereocenters. The molecular formula is C7H16N2O2S. The molecule has 0 aliphatic heterocycles. The lowest BCUT2D eigenvalue weighted by atomic mass is 10.6. The smallest absolute Gasteiger partial charge is 0.232 e. The van der Waals surface area contributed by atoms with Gasteiger partial charge in [-0.25, -0.2) is 0 Å². The summed E-state index contributed by atoms with van der Waals surface area (Å²) in [6.45, 7) is 4.52. The van der Waals surface area contributed by atoms with Crippen LogP contribution in [0.4, 0.5) is 0 Å². The Kier molecular flexibility index (Phi) is 5.92. The van der Waals surface area contributed by atoms with Gasteiger partial charge >= 0.3 is 0 Å². The second-order valence-corrected chi connectivity index (χ2v) is 4.71. The Hall–Kier alpha value is -0.420. The zero-order valence-corrected chi connectivity index (χ0v) is 8.32. The highest BCUT2D eigenvalue weighted by molar-refractivity contribution is 7.86. The van der Waals surface area contributed by atoms with Crippen molar-refractivity contribution in [1.29, 1.82) is 0 Å². The van der Waals surface area contributed by atoms with E-state index in [1.807, 2.05) is 13.8 Å². The molecule has 0 saturated carbocycles. The monoisotopic (exact) mass is 192 g/mol. The maximum Gasteiger partial charge on any atom is 0.232 e. The summed E-state index contributed by atoms with van der Waals surface area (Å²) in [4.78, 5) is 11.0. The second kappa shape index (κ2) is 6.14. The van der Waals surface area contributed by atoms with Gasteiger partial charge in [-0.05, 0) is 0 Å². The molecular weight excluding hydrogens is 176 g/mol. The highest BCUT2D eigenvalue weighted by Gasteiger charge is 2.09. The normalized spacial score (nSPS) is 13.0. The van der Waals surface area contributed by atoms with E-state index in [2.05, 4.69) is 5.32 Å². The molecule has 1 unspecified atom stereocenters. The fourth-order valence-electron chi connectivity index (χ4n) is 0.558. The van der Waals surface area contributed by atoms with Gasteiger partial charge in [0.25, 0.3) is 0 Å². The summed E-state index contributed by atoms with van der Waals surface area (Å²) < 4.78 is 11.1. The molecule has 0 radical (unpaired) electrons. The van der Waals surface area contributed by atoms with Crippen molar-refractivity contribution >= 4 is 16.7 Å². The van der Waals surface area contributed by atoms with E-state index in [1.165, 1.54) is 0 Å². The predicted molar refractivity (Wildman–Crippen MR) is 50.2 cm³/mol. The van der Waals surface area contributed by atoms with E-state index in [9.17, 15) is 9.00 Å². The van der Waals surface area contributed by atoms with Crippen LogP contribution in [0.25, 0.3) is 0 Å². The second-order valence-electron chi connectivity index (χ2n) is 2.71. The summed E-state index contributed by atoms with van der Waals surface area (Å²) in [7, 11) is -1.06. The topological polar surface area (TPSA) is 72.2 Å². The number of rotatable bonds is 5. The Morgan fingerprint density at radius 2 is 2.17 bits per heavy atom. The summed E-state index contributed by atoms with van der Waals surface area (Å²) in [6, 6.07) is 0. The average Bonchev–Trinajstić information content (AvgIpc) is 2.00. The summed E-state index contributed by atoms with van der Waals surface area (Å²) in [5.74, 6) is -0.106. The standard InChI is InChI=1S/C7H16N2O2S/c1-6(2)12(11)5-7(10)9-4-3-8/h6H,3-5,8H2,1-2H3,(H,9,10). The quantitative estimate of drug-likeness (QED) is 0.600. The fourth-order valence-corrected chi connectivity index (χ4v) is 1.25. The van der Waals surface area contributed by atoms with Crippen LogP contribution in [0.15, 0.2) is 0 Å². The maximum atomic E-state index is 11.1. The average molecular weight is 192 g/mol. The Morgan fingerprint density at radius 3 is 2.58 bits per heavy atom. The number of nitrogens with two attached hydrogens (primary N) is 1. The summed E-state index contributed by atoms with van der Waals surface area (Å²) in [5.41, 5.74) is 5.18. The maximum absolute atomic E-state index is 11.1. The van der Waals surface area contributed by atoms with Gasteiger partial charge in [0.15, 0.2) is 0 Å². The van der Waals surface area contributed by atoms with Crippen LogP contribution >= 0.6 is 0 Å². The minimum Gasteiger partial charge on any atom is -0.354 e. The van der Waals surface area contributed by atoms with Crippen LogP contribution in [0.1, 0.15) is 13.8 Å². The first-order chi connectivity index (χ1) is 5.57. The Morgan fingerprint density at radius 1 is 1.58 bits per heavy atom. The largest absolute Gasteiger partial charge is 0.354 e. The van der Waals surface area contributed by atoms with Crippen LogP contribution in [0.2, 0.25) is 0 Å². The van der Waals surface area contributed by atoms with Crippen molar-refractivity contribution in [2.24, 2.45) is 5.73 Å². The molecule has 4 nitrogen and oxygen atoms in total. The van der Waals surface area contributed by atoms with Gasteiger partial charge in [-0.3, -0.25) is 9.00 Å². The number of hydrogen-bond donors (Lipinski definition) is 2. The first-order valence-corrected chi connectivity index (χ1v) is 5.30. The van der Waals surface area contributed by atoms with Crippen molar-refractivity contribution in [3.8, 4) is 0 Å². The highest BCUT2D eigenvalue weighted by Crippen LogP contribution is 1.92. The minimum atomic E-state index is -1.06. The molecule has 0 aromatic heterocycles. The molecule has 0 rings (SSSR count). The first-order valence-electron chi connectivity index (χ1n) is 3.92. The lowest BCUT2D eigenvalue weighted by Crippen LogP contribution is -2.33. The third-order valence-electron chi connectivity index (χ3n) is 1.27. The Bertz CT molecular complexity index is 171. The summed E-state index contributed by atoms with van der Waals surface area (Å²) in [6.07, 6.45) is 0. The van der Waals surface area contributed by atoms with Crippen molar-refractivity contribution in [1.82, 2.24) is 5.32 Å². The van der Waals surface area contributed by atoms with Crippen molar-refractivity contribution < 1.29 is 9.00 Å². The van der Waals surface area contributed by atoms with E-state index in [4.69, 9.17) is 5.73 Å². The highest BCUT2D eigenvalue weighted by atomic mass is 32.2. The number of hydrogen-bond acceptors (Lipinski definition) is 3. The minimum absolute atomic E-state index is 0.0358. The summed E-state index contributed by atoms with van der Waals surface area (Å²) >= 11 is 0. The van der Waals surface area contributed by atoms with Crippen LogP contribution in [0.3, 0.4) is 0 Å². The number of carbonyl (C=O) groups excluding carboxylic acids is 1. The molecule has 0 aliphatic carbocycles. The number of carbonyl (C=O) groups is 1. The van der Waals surface area contributed by atoms with Gasteiger partial charge in [0.05, 0.1) is 0 Å². The lowest BCUT2D eigenvalue weighted by molar-refractivity contribution is -0.118. The van der Waals surface area contributed by atoms with Crippen LogP contribution in [-0.2, 0) is 15.6 Å². The molecule has 0 saturated heterocycles. The van der Waals surface area contributed by atoms with Crippen LogP contribution in [0, 0.1) is 0 Å². The van der Waals surface area contributed by atoms with Crippen LogP contribution < -0.4 is 11.1 Å². The molecule has 0 aliphatic rings. The van der Waals surface area contributed by atoms with Crippen LogP contribution in [0.5, 0.6) is 0 Å². The molecule has 72 valence electrons. The van der Waals surface area contributed by atoms with Gasteiger partial charge < -0.3 is 11.1 Å². The third kappa shape index (κ3) is 5.26. The third-order valence-corrected chi connectivity index (χ3v) is 2.86. The SMILES string of the molecule is CC(C)S(=O)CC(=O)NCCN. The van der Waals surface area contributed by atoms with Gasteiger partial charge in [0.2, 0.25) is 5.91 Å². The fraction of sp³-hybridized carbons (Fsp3) is 0.857. The van der Waals surface area contributed by atoms with E-state index in [0.717, 1.165) is 0 Å². The van der Waals surface area contributed by atoms with E-state index in [0.29, 0.717) is 13.1 Å². The van der Waals surface area contributed by atoms with E-state index >= 15 is 0 Å². The molecule has 3 N–H and O–H groups in total. The lowest BCUT2D eigenvalue weighted by Gasteiger charge is -2.05. The predicted octanol–water partition coefficient (Wildman–Crippen LogP) is -0.782. The van der Waals surface area contributed by atoms with Gasteiger partial charge in [0.1, 0.15) is 5.75 Å². The van der Waals surface area contributed by atoms with Crippen molar-refractivity contribution in [2.45, 2.75) is 19.1 Å². The molecule has 12 heavy (non-hydrogen) atoms. The van der Waals surface area contributed by atoms with Gasteiger partial charge in [-0.15, -0.1) is 0 Å². The number of amides is 1. The molecule has 5 heteroatoms. The molecule has 0 aromatic carbocycles. The van der Waals surface area contributed by atoms with Crippen molar-refractivity contribution in [3.05, 3.63) is 0 Å². The molecule has 0 spiro atoms. The van der Waals surface area contributed by atoms with Gasteiger partial charge in [0, 0.05) is 29.1 Å². The number of nitrogens with one attached hydrogen (secondary N) is 1. The molecule has 0 heterocycles. The van der Waals surface area contributed by atoms with Gasteiger partial charge in [-0.2, -0.15) is 0 Å². The van der Waals surface area contributed by atoms with Crippen LogP contribution in [-0.4, -0.2) is 34.2 Å². The first kappa shape index (κ1) is 11.6. The van der Waals surface area contributed by atoms with E-state index in [-0.39, 0.29) is 16.9 Å². The zero-order chi connectivity index (χ0) is 9.56. The molecule has 0 aromatic rings. The Balaban J connectivity index is 3.62.